The van der Waals surface area contributed by atoms with Crippen LogP contribution in [0.25, 0.3) is 22.0 Å². The summed E-state index contributed by atoms with van der Waals surface area (Å²) in [5.41, 5.74) is 4.10. The molecule has 2 aromatic heterocycles. The second-order valence-electron chi connectivity index (χ2n) is 9.73. The number of carbonyl (C=O) groups excluding carboxylic acids is 2. The van der Waals surface area contributed by atoms with Gasteiger partial charge in [-0.1, -0.05) is 0 Å². The lowest BCUT2D eigenvalue weighted by Gasteiger charge is -2.38. The van der Waals surface area contributed by atoms with Gasteiger partial charge in [-0.2, -0.15) is 10.4 Å². The fraction of sp³-hybridized carbons (Fsp3) is 0.286. The number of hydrogen-bond donors (Lipinski definition) is 2. The molecule has 1 spiro atoms. The van der Waals surface area contributed by atoms with E-state index in [1.54, 1.807) is 37.8 Å². The number of nitrogens with zero attached hydrogens (tertiary/aromatic N) is 4. The van der Waals surface area contributed by atoms with E-state index in [-0.39, 0.29) is 11.8 Å². The van der Waals surface area contributed by atoms with Crippen molar-refractivity contribution in [3.05, 3.63) is 66.1 Å². The number of aromatic amines is 2. The maximum Gasteiger partial charge on any atom is 0.256 e. The molecule has 0 saturated carbocycles. The van der Waals surface area contributed by atoms with E-state index in [4.69, 9.17) is 4.74 Å². The van der Waals surface area contributed by atoms with E-state index in [0.29, 0.717) is 49.4 Å². The summed E-state index contributed by atoms with van der Waals surface area (Å²) in [4.78, 5) is 33.8. The van der Waals surface area contributed by atoms with Crippen LogP contribution in [0.5, 0.6) is 5.75 Å². The van der Waals surface area contributed by atoms with Crippen molar-refractivity contribution >= 4 is 28.4 Å². The van der Waals surface area contributed by atoms with Gasteiger partial charge in [0.05, 0.1) is 35.9 Å². The SMILES string of the molecule is COc1cc(N2CCC3(CCN(C(=O)c4c[nH]c5ccc(C#N)cc45)CC3)C2=O)ccc1-c1cn[nH]c1. The molecule has 2 aromatic carbocycles. The molecular formula is C28H26N6O3. The summed E-state index contributed by atoms with van der Waals surface area (Å²) < 4.78 is 5.62. The first-order valence-electron chi connectivity index (χ1n) is 12.3. The van der Waals surface area contributed by atoms with Crippen molar-refractivity contribution in [2.75, 3.05) is 31.6 Å². The molecule has 6 rings (SSSR count). The number of likely N-dealkylation sites (tertiary alicyclic amines) is 1. The van der Waals surface area contributed by atoms with Crippen molar-refractivity contribution < 1.29 is 14.3 Å². The van der Waals surface area contributed by atoms with Gasteiger partial charge in [0.25, 0.3) is 5.91 Å². The molecule has 2 N–H and O–H groups in total. The highest BCUT2D eigenvalue weighted by atomic mass is 16.5. The summed E-state index contributed by atoms with van der Waals surface area (Å²) in [6, 6.07) is 13.2. The summed E-state index contributed by atoms with van der Waals surface area (Å²) in [6.07, 6.45) is 7.27. The van der Waals surface area contributed by atoms with Crippen LogP contribution in [0.4, 0.5) is 5.69 Å². The third-order valence-corrected chi connectivity index (χ3v) is 7.87. The first-order chi connectivity index (χ1) is 18.0. The fourth-order valence-corrected chi connectivity index (χ4v) is 5.69. The van der Waals surface area contributed by atoms with Crippen molar-refractivity contribution in [1.82, 2.24) is 20.1 Å². The van der Waals surface area contributed by atoms with Crippen LogP contribution in [-0.4, -0.2) is 58.6 Å². The third kappa shape index (κ3) is 3.73. The highest BCUT2D eigenvalue weighted by Gasteiger charge is 2.49. The van der Waals surface area contributed by atoms with Crippen LogP contribution in [0.3, 0.4) is 0 Å². The van der Waals surface area contributed by atoms with E-state index in [1.807, 2.05) is 34.1 Å². The Morgan fingerprint density at radius 2 is 1.92 bits per heavy atom. The molecule has 4 aromatic rings. The number of anilines is 1. The summed E-state index contributed by atoms with van der Waals surface area (Å²) in [6.45, 7) is 1.68. The number of fused-ring (bicyclic) bond motifs is 1. The molecule has 0 atom stereocenters. The Morgan fingerprint density at radius 1 is 1.11 bits per heavy atom. The van der Waals surface area contributed by atoms with Gasteiger partial charge in [0, 0.05) is 65.8 Å². The Labute approximate surface area is 213 Å². The highest BCUT2D eigenvalue weighted by molar-refractivity contribution is 6.07. The normalized spacial score (nSPS) is 16.9. The lowest BCUT2D eigenvalue weighted by molar-refractivity contribution is -0.127. The molecule has 0 unspecified atom stereocenters. The lowest BCUT2D eigenvalue weighted by atomic mass is 9.77. The maximum atomic E-state index is 13.7. The Hall–Kier alpha value is -4.58. The standard InChI is InChI=1S/C28H26N6O3/c1-37-25-13-20(3-4-21(25)19-15-31-32-16-19)34-11-8-28(27(34)36)6-9-33(10-7-28)26(35)23-17-30-24-5-2-18(14-29)12-22(23)24/h2-5,12-13,15-17,30H,6-11H2,1H3,(H,31,32). The summed E-state index contributed by atoms with van der Waals surface area (Å²) in [5.74, 6) is 0.730. The van der Waals surface area contributed by atoms with Crippen molar-refractivity contribution in [2.45, 2.75) is 19.3 Å². The first-order valence-corrected chi connectivity index (χ1v) is 12.3. The van der Waals surface area contributed by atoms with E-state index in [9.17, 15) is 14.9 Å². The average molecular weight is 495 g/mol. The number of amides is 2. The molecule has 37 heavy (non-hydrogen) atoms. The largest absolute Gasteiger partial charge is 0.496 e. The number of benzene rings is 2. The van der Waals surface area contributed by atoms with Gasteiger partial charge in [-0.25, -0.2) is 0 Å². The molecule has 0 radical (unpaired) electrons. The quantitative estimate of drug-likeness (QED) is 0.443. The van der Waals surface area contributed by atoms with E-state index in [0.717, 1.165) is 34.1 Å². The topological polar surface area (TPSA) is 118 Å². The number of piperidine rings is 1. The van der Waals surface area contributed by atoms with Crippen LogP contribution in [0.1, 0.15) is 35.2 Å². The van der Waals surface area contributed by atoms with Crippen molar-refractivity contribution in [3.8, 4) is 22.9 Å². The van der Waals surface area contributed by atoms with Crippen LogP contribution in [0.15, 0.2) is 55.0 Å². The molecule has 0 bridgehead atoms. The molecule has 0 aliphatic carbocycles. The van der Waals surface area contributed by atoms with Crippen molar-refractivity contribution in [2.24, 2.45) is 5.41 Å². The van der Waals surface area contributed by atoms with E-state index in [2.05, 4.69) is 21.3 Å². The van der Waals surface area contributed by atoms with Gasteiger partial charge < -0.3 is 19.5 Å². The zero-order valence-electron chi connectivity index (χ0n) is 20.5. The van der Waals surface area contributed by atoms with Crippen molar-refractivity contribution in [3.63, 3.8) is 0 Å². The second-order valence-corrected chi connectivity index (χ2v) is 9.73. The van der Waals surface area contributed by atoms with Gasteiger partial charge in [0.15, 0.2) is 0 Å². The molecule has 2 aliphatic rings. The zero-order valence-corrected chi connectivity index (χ0v) is 20.5. The van der Waals surface area contributed by atoms with Gasteiger partial charge >= 0.3 is 0 Å². The number of aromatic nitrogens is 3. The Morgan fingerprint density at radius 3 is 2.65 bits per heavy atom. The first kappa shape index (κ1) is 22.9. The van der Waals surface area contributed by atoms with Crippen LogP contribution >= 0.6 is 0 Å². The molecule has 2 fully saturated rings. The number of hydrogen-bond acceptors (Lipinski definition) is 5. The predicted octanol–water partition coefficient (Wildman–Crippen LogP) is 4.10. The zero-order chi connectivity index (χ0) is 25.6. The Balaban J connectivity index is 1.18. The van der Waals surface area contributed by atoms with E-state index >= 15 is 0 Å². The number of nitriles is 1. The van der Waals surface area contributed by atoms with Gasteiger partial charge in [-0.15, -0.1) is 0 Å². The molecule has 186 valence electrons. The van der Waals surface area contributed by atoms with Crippen LogP contribution in [-0.2, 0) is 4.79 Å². The summed E-state index contributed by atoms with van der Waals surface area (Å²) >= 11 is 0. The lowest BCUT2D eigenvalue weighted by Crippen LogP contribution is -2.46. The minimum atomic E-state index is -0.457. The third-order valence-electron chi connectivity index (χ3n) is 7.87. The minimum absolute atomic E-state index is 0.0712. The molecule has 2 amide bonds. The number of methoxy groups -OCH3 is 1. The molecule has 4 heterocycles. The fourth-order valence-electron chi connectivity index (χ4n) is 5.69. The monoisotopic (exact) mass is 494 g/mol. The Bertz CT molecular complexity index is 1540. The number of ether oxygens (including phenoxy) is 1. The molecule has 2 aliphatic heterocycles. The molecule has 9 heteroatoms. The number of rotatable bonds is 4. The predicted molar refractivity (Wildman–Crippen MR) is 138 cm³/mol. The summed E-state index contributed by atoms with van der Waals surface area (Å²) in [7, 11) is 1.62. The molecule has 9 nitrogen and oxygen atoms in total. The average Bonchev–Trinajstić information content (AvgIpc) is 3.68. The molecule has 2 saturated heterocycles. The number of nitrogens with one attached hydrogen (secondary N) is 2. The van der Waals surface area contributed by atoms with Gasteiger partial charge in [-0.3, -0.25) is 14.7 Å². The number of H-pyrrole nitrogens is 2. The van der Waals surface area contributed by atoms with Crippen LogP contribution < -0.4 is 9.64 Å². The van der Waals surface area contributed by atoms with Crippen LogP contribution in [0.2, 0.25) is 0 Å². The van der Waals surface area contributed by atoms with Gasteiger partial charge in [0.1, 0.15) is 5.75 Å². The van der Waals surface area contributed by atoms with Crippen LogP contribution in [0, 0.1) is 16.7 Å². The van der Waals surface area contributed by atoms with E-state index in [1.165, 1.54) is 0 Å². The smallest absolute Gasteiger partial charge is 0.256 e. The second kappa shape index (κ2) is 8.82. The Kier molecular flexibility index (Phi) is 5.45. The van der Waals surface area contributed by atoms with Crippen molar-refractivity contribution in [1.29, 1.82) is 5.26 Å². The highest BCUT2D eigenvalue weighted by Crippen LogP contribution is 2.44. The van der Waals surface area contributed by atoms with E-state index < -0.39 is 5.41 Å². The van der Waals surface area contributed by atoms with Gasteiger partial charge in [-0.05, 0) is 49.6 Å². The number of carbonyl (C=O) groups is 2. The summed E-state index contributed by atoms with van der Waals surface area (Å²) in [5, 5.41) is 16.8. The maximum absolute atomic E-state index is 13.7. The molecular weight excluding hydrogens is 468 g/mol. The van der Waals surface area contributed by atoms with Gasteiger partial charge in [0.2, 0.25) is 5.91 Å². The minimum Gasteiger partial charge on any atom is -0.496 e.